The lowest BCUT2D eigenvalue weighted by atomic mass is 10.1. The van der Waals surface area contributed by atoms with Gasteiger partial charge in [0, 0.05) is 6.61 Å². The highest BCUT2D eigenvalue weighted by molar-refractivity contribution is 9.10. The van der Waals surface area contributed by atoms with Gasteiger partial charge in [-0.05, 0) is 40.0 Å². The van der Waals surface area contributed by atoms with Crippen LogP contribution in [0.15, 0.2) is 22.7 Å². The topological polar surface area (TPSA) is 84.9 Å². The standard InChI is InChI=1S/C16H22BrNO5/c1-3-4-5-8-23-10-14(19)18-15(16(20)21)11-6-7-13(22-2)12(17)9-11/h6-7,9,15H,3-5,8,10H2,1-2H3,(H,18,19)(H,20,21). The maximum atomic E-state index is 11.8. The Balaban J connectivity index is 2.63. The van der Waals surface area contributed by atoms with Gasteiger partial charge in [-0.25, -0.2) is 4.79 Å². The van der Waals surface area contributed by atoms with Gasteiger partial charge >= 0.3 is 5.97 Å². The van der Waals surface area contributed by atoms with Crippen molar-refractivity contribution >= 4 is 27.8 Å². The molecule has 0 aromatic heterocycles. The summed E-state index contributed by atoms with van der Waals surface area (Å²) in [6.07, 6.45) is 3.00. The van der Waals surface area contributed by atoms with Crippen molar-refractivity contribution in [2.75, 3.05) is 20.3 Å². The predicted molar refractivity (Wildman–Crippen MR) is 89.6 cm³/mol. The van der Waals surface area contributed by atoms with Crippen LogP contribution in [0, 0.1) is 0 Å². The summed E-state index contributed by atoms with van der Waals surface area (Å²) in [4.78, 5) is 23.3. The Morgan fingerprint density at radius 1 is 1.35 bits per heavy atom. The highest BCUT2D eigenvalue weighted by atomic mass is 79.9. The Hall–Kier alpha value is -1.60. The number of carboxylic acid groups (broad SMARTS) is 1. The summed E-state index contributed by atoms with van der Waals surface area (Å²) >= 11 is 3.30. The van der Waals surface area contributed by atoms with Gasteiger partial charge in [0.15, 0.2) is 6.04 Å². The molecule has 0 aliphatic rings. The number of ether oxygens (including phenoxy) is 2. The second-order valence-electron chi connectivity index (χ2n) is 4.99. The highest BCUT2D eigenvalue weighted by Crippen LogP contribution is 2.28. The van der Waals surface area contributed by atoms with E-state index in [4.69, 9.17) is 9.47 Å². The van der Waals surface area contributed by atoms with Crippen molar-refractivity contribution in [1.29, 1.82) is 0 Å². The van der Waals surface area contributed by atoms with Gasteiger partial charge < -0.3 is 19.9 Å². The van der Waals surface area contributed by atoms with Crippen molar-refractivity contribution in [3.05, 3.63) is 28.2 Å². The first-order chi connectivity index (χ1) is 11.0. The third-order valence-electron chi connectivity index (χ3n) is 3.19. The van der Waals surface area contributed by atoms with Crippen LogP contribution in [0.1, 0.15) is 37.8 Å². The Bertz CT molecular complexity index is 535. The van der Waals surface area contributed by atoms with Crippen molar-refractivity contribution in [3.63, 3.8) is 0 Å². The van der Waals surface area contributed by atoms with Crippen LogP contribution in [0.2, 0.25) is 0 Å². The molecule has 7 heteroatoms. The zero-order valence-corrected chi connectivity index (χ0v) is 14.9. The van der Waals surface area contributed by atoms with Gasteiger partial charge in [-0.2, -0.15) is 0 Å². The number of unbranched alkanes of at least 4 members (excludes halogenated alkanes) is 2. The number of rotatable bonds is 10. The number of nitrogens with one attached hydrogen (secondary N) is 1. The van der Waals surface area contributed by atoms with Crippen LogP contribution in [0.25, 0.3) is 0 Å². The third kappa shape index (κ3) is 6.58. The number of carboxylic acids is 1. The van der Waals surface area contributed by atoms with Gasteiger partial charge in [-0.15, -0.1) is 0 Å². The van der Waals surface area contributed by atoms with Crippen molar-refractivity contribution in [1.82, 2.24) is 5.32 Å². The molecule has 6 nitrogen and oxygen atoms in total. The molecule has 128 valence electrons. The summed E-state index contributed by atoms with van der Waals surface area (Å²) < 4.78 is 11.0. The SMILES string of the molecule is CCCCCOCC(=O)NC(C(=O)O)c1ccc(OC)c(Br)c1. The predicted octanol–water partition coefficient (Wildman–Crippen LogP) is 2.91. The number of aliphatic carboxylic acids is 1. The van der Waals surface area contributed by atoms with E-state index in [1.165, 1.54) is 7.11 Å². The van der Waals surface area contributed by atoms with Crippen LogP contribution < -0.4 is 10.1 Å². The Morgan fingerprint density at radius 2 is 2.09 bits per heavy atom. The minimum atomic E-state index is -1.14. The van der Waals surface area contributed by atoms with Gasteiger partial charge in [-0.1, -0.05) is 25.8 Å². The lowest BCUT2D eigenvalue weighted by Gasteiger charge is -2.16. The summed E-state index contributed by atoms with van der Waals surface area (Å²) in [7, 11) is 1.52. The number of carbonyl (C=O) groups is 2. The number of halogens is 1. The van der Waals surface area contributed by atoms with Crippen molar-refractivity contribution in [3.8, 4) is 5.75 Å². The normalized spacial score (nSPS) is 11.8. The number of amides is 1. The lowest BCUT2D eigenvalue weighted by molar-refractivity contribution is -0.142. The van der Waals surface area contributed by atoms with E-state index in [-0.39, 0.29) is 6.61 Å². The summed E-state index contributed by atoms with van der Waals surface area (Å²) in [5, 5.41) is 11.8. The van der Waals surface area contributed by atoms with Gasteiger partial charge in [0.1, 0.15) is 12.4 Å². The second kappa shape index (κ2) is 10.2. The number of hydrogen-bond donors (Lipinski definition) is 2. The number of carbonyl (C=O) groups excluding carboxylic acids is 1. The molecule has 1 amide bonds. The molecule has 0 spiro atoms. The van der Waals surface area contributed by atoms with Crippen LogP contribution in [0.5, 0.6) is 5.75 Å². The molecule has 2 N–H and O–H groups in total. The fourth-order valence-corrected chi connectivity index (χ4v) is 2.53. The smallest absolute Gasteiger partial charge is 0.330 e. The first-order valence-corrected chi connectivity index (χ1v) is 8.22. The summed E-state index contributed by atoms with van der Waals surface area (Å²) in [5.41, 5.74) is 0.449. The summed E-state index contributed by atoms with van der Waals surface area (Å²) in [5.74, 6) is -1.01. The lowest BCUT2D eigenvalue weighted by Crippen LogP contribution is -2.36. The quantitative estimate of drug-likeness (QED) is 0.602. The molecule has 0 saturated carbocycles. The Morgan fingerprint density at radius 3 is 2.65 bits per heavy atom. The Kier molecular flexibility index (Phi) is 8.65. The monoisotopic (exact) mass is 387 g/mol. The van der Waals surface area contributed by atoms with E-state index in [9.17, 15) is 14.7 Å². The van der Waals surface area contributed by atoms with E-state index in [1.807, 2.05) is 0 Å². The van der Waals surface area contributed by atoms with E-state index in [1.54, 1.807) is 18.2 Å². The molecule has 0 heterocycles. The molecule has 0 bridgehead atoms. The van der Waals surface area contributed by atoms with Crippen molar-refractivity contribution in [2.24, 2.45) is 0 Å². The van der Waals surface area contributed by atoms with Crippen LogP contribution in [-0.2, 0) is 14.3 Å². The number of hydrogen-bond acceptors (Lipinski definition) is 4. The zero-order valence-electron chi connectivity index (χ0n) is 13.3. The molecule has 0 aliphatic heterocycles. The van der Waals surface area contributed by atoms with Gasteiger partial charge in [0.2, 0.25) is 5.91 Å². The van der Waals surface area contributed by atoms with E-state index in [0.717, 1.165) is 19.3 Å². The molecular weight excluding hydrogens is 366 g/mol. The molecule has 1 aromatic carbocycles. The molecular formula is C16H22BrNO5. The van der Waals surface area contributed by atoms with E-state index in [0.29, 0.717) is 22.4 Å². The van der Waals surface area contributed by atoms with Crippen LogP contribution in [-0.4, -0.2) is 37.3 Å². The maximum Gasteiger partial charge on any atom is 0.330 e. The largest absolute Gasteiger partial charge is 0.496 e. The molecule has 0 saturated heterocycles. The highest BCUT2D eigenvalue weighted by Gasteiger charge is 2.23. The van der Waals surface area contributed by atoms with E-state index < -0.39 is 17.9 Å². The van der Waals surface area contributed by atoms with E-state index in [2.05, 4.69) is 28.2 Å². The fraction of sp³-hybridized carbons (Fsp3) is 0.500. The maximum absolute atomic E-state index is 11.8. The first kappa shape index (κ1) is 19.4. The third-order valence-corrected chi connectivity index (χ3v) is 3.81. The average Bonchev–Trinajstić information content (AvgIpc) is 2.52. The van der Waals surface area contributed by atoms with Crippen LogP contribution >= 0.6 is 15.9 Å². The molecule has 0 aliphatic carbocycles. The van der Waals surface area contributed by atoms with Gasteiger partial charge in [0.05, 0.1) is 11.6 Å². The van der Waals surface area contributed by atoms with Crippen LogP contribution in [0.3, 0.4) is 0 Å². The molecule has 1 aromatic rings. The first-order valence-electron chi connectivity index (χ1n) is 7.43. The summed E-state index contributed by atoms with van der Waals surface area (Å²) in [6, 6.07) is 3.72. The molecule has 0 radical (unpaired) electrons. The summed E-state index contributed by atoms with van der Waals surface area (Å²) in [6.45, 7) is 2.43. The molecule has 23 heavy (non-hydrogen) atoms. The minimum absolute atomic E-state index is 0.148. The molecule has 0 fully saturated rings. The molecule has 1 atom stereocenters. The fourth-order valence-electron chi connectivity index (χ4n) is 1.97. The number of methoxy groups -OCH3 is 1. The van der Waals surface area contributed by atoms with Crippen LogP contribution in [0.4, 0.5) is 0 Å². The number of benzene rings is 1. The van der Waals surface area contributed by atoms with Crippen molar-refractivity contribution in [2.45, 2.75) is 32.2 Å². The van der Waals surface area contributed by atoms with Gasteiger partial charge in [0.25, 0.3) is 0 Å². The Labute approximate surface area is 144 Å². The minimum Gasteiger partial charge on any atom is -0.496 e. The molecule has 1 unspecified atom stereocenters. The second-order valence-corrected chi connectivity index (χ2v) is 5.85. The average molecular weight is 388 g/mol. The van der Waals surface area contributed by atoms with Gasteiger partial charge in [-0.3, -0.25) is 4.79 Å². The van der Waals surface area contributed by atoms with E-state index >= 15 is 0 Å². The van der Waals surface area contributed by atoms with Crippen molar-refractivity contribution < 1.29 is 24.2 Å². The zero-order chi connectivity index (χ0) is 17.2. The molecule has 1 rings (SSSR count).